The van der Waals surface area contributed by atoms with Gasteiger partial charge in [0, 0.05) is 28.6 Å². The summed E-state index contributed by atoms with van der Waals surface area (Å²) < 4.78 is 9.10. The quantitative estimate of drug-likeness (QED) is 0.335. The molecule has 9 heteroatoms. The van der Waals surface area contributed by atoms with Crippen molar-refractivity contribution in [1.29, 1.82) is 0 Å². The number of aromatic nitrogens is 5. The molecule has 160 valence electrons. The first-order chi connectivity index (χ1) is 15.6. The third-order valence-electron chi connectivity index (χ3n) is 5.00. The number of pyridine rings is 1. The predicted octanol–water partition coefficient (Wildman–Crippen LogP) is 4.85. The molecular weight excluding hydrogens is 446 g/mol. The Morgan fingerprint density at radius 2 is 1.94 bits per heavy atom. The number of thioether (sulfide) groups is 1. The number of halogens is 1. The van der Waals surface area contributed by atoms with Gasteiger partial charge in [-0.05, 0) is 55.0 Å². The molecule has 1 aromatic carbocycles. The molecule has 0 spiro atoms. The Bertz CT molecular complexity index is 1440. The molecule has 0 saturated carbocycles. The summed E-state index contributed by atoms with van der Waals surface area (Å²) in [5.41, 5.74) is 3.10. The molecule has 0 unspecified atom stereocenters. The molecule has 5 rings (SSSR count). The van der Waals surface area contributed by atoms with E-state index in [0.717, 1.165) is 16.9 Å². The first-order valence-corrected chi connectivity index (χ1v) is 11.3. The van der Waals surface area contributed by atoms with Crippen LogP contribution in [0, 0.1) is 6.92 Å². The van der Waals surface area contributed by atoms with Gasteiger partial charge in [-0.2, -0.15) is 0 Å². The van der Waals surface area contributed by atoms with Gasteiger partial charge in [-0.1, -0.05) is 29.4 Å². The normalized spacial score (nSPS) is 11.3. The Kier molecular flexibility index (Phi) is 5.55. The number of fused-ring (bicyclic) bond motifs is 1. The average molecular weight is 464 g/mol. The molecule has 32 heavy (non-hydrogen) atoms. The zero-order valence-corrected chi connectivity index (χ0v) is 18.7. The number of nitrogens with zero attached hydrogens (tertiary/aromatic N) is 5. The lowest BCUT2D eigenvalue weighted by Gasteiger charge is -2.09. The highest BCUT2D eigenvalue weighted by Gasteiger charge is 2.17. The molecule has 0 radical (unpaired) electrons. The van der Waals surface area contributed by atoms with Gasteiger partial charge in [-0.25, -0.2) is 4.98 Å². The molecule has 0 fully saturated rings. The fourth-order valence-electron chi connectivity index (χ4n) is 3.43. The Balaban J connectivity index is 1.48. The van der Waals surface area contributed by atoms with Crippen LogP contribution in [0.25, 0.3) is 17.0 Å². The minimum absolute atomic E-state index is 0.104. The number of rotatable bonds is 6. The van der Waals surface area contributed by atoms with Crippen LogP contribution < -0.4 is 5.56 Å². The number of hydrogen-bond acceptors (Lipinski definition) is 6. The molecule has 5 aromatic rings. The van der Waals surface area contributed by atoms with Crippen LogP contribution in [0.3, 0.4) is 0 Å². The summed E-state index contributed by atoms with van der Waals surface area (Å²) in [6, 6.07) is 16.6. The van der Waals surface area contributed by atoms with Crippen LogP contribution in [-0.2, 0) is 12.3 Å². The molecule has 4 heterocycles. The Morgan fingerprint density at radius 1 is 1.09 bits per heavy atom. The minimum atomic E-state index is -0.104. The van der Waals surface area contributed by atoms with E-state index in [-0.39, 0.29) is 5.56 Å². The van der Waals surface area contributed by atoms with E-state index < -0.39 is 0 Å². The monoisotopic (exact) mass is 463 g/mol. The highest BCUT2D eigenvalue weighted by Crippen LogP contribution is 2.28. The molecule has 0 aliphatic carbocycles. The summed E-state index contributed by atoms with van der Waals surface area (Å²) in [7, 11) is 0. The van der Waals surface area contributed by atoms with E-state index >= 15 is 0 Å². The van der Waals surface area contributed by atoms with E-state index in [4.69, 9.17) is 16.0 Å². The highest BCUT2D eigenvalue weighted by atomic mass is 35.5. The van der Waals surface area contributed by atoms with Crippen molar-refractivity contribution >= 4 is 29.0 Å². The lowest BCUT2D eigenvalue weighted by molar-refractivity contribution is 0.485. The van der Waals surface area contributed by atoms with Crippen molar-refractivity contribution in [3.05, 3.63) is 99.5 Å². The number of aryl methyl sites for hydroxylation is 1. The molecule has 7 nitrogen and oxygen atoms in total. The molecule has 0 N–H and O–H groups in total. The smallest absolute Gasteiger partial charge is 0.258 e. The van der Waals surface area contributed by atoms with Crippen LogP contribution in [-0.4, -0.2) is 24.1 Å². The molecular formula is C23H18ClN5O2S. The van der Waals surface area contributed by atoms with Gasteiger partial charge >= 0.3 is 0 Å². The minimum Gasteiger partial charge on any atom is -0.467 e. The standard InChI is InChI=1S/C23H18ClN5O2S/c1-15-4-2-10-28-20(30)12-18(25-21(15)28)14-32-23-27-26-22(16-6-8-17(24)9-7-16)29(23)13-19-5-3-11-31-19/h2-12H,13-14H2,1H3. The largest absolute Gasteiger partial charge is 0.467 e. The molecule has 0 aliphatic heterocycles. The van der Waals surface area contributed by atoms with Crippen LogP contribution in [0.15, 0.2) is 81.4 Å². The molecule has 0 saturated heterocycles. The van der Waals surface area contributed by atoms with Gasteiger partial charge < -0.3 is 4.42 Å². The molecule has 0 amide bonds. The van der Waals surface area contributed by atoms with Crippen LogP contribution in [0.4, 0.5) is 0 Å². The van der Waals surface area contributed by atoms with Gasteiger partial charge in [-0.3, -0.25) is 13.8 Å². The van der Waals surface area contributed by atoms with Gasteiger partial charge in [0.05, 0.1) is 18.5 Å². The summed E-state index contributed by atoms with van der Waals surface area (Å²) in [5, 5.41) is 10.2. The summed E-state index contributed by atoms with van der Waals surface area (Å²) in [6.45, 7) is 2.42. The summed E-state index contributed by atoms with van der Waals surface area (Å²) in [4.78, 5) is 17.2. The fraction of sp³-hybridized carbons (Fsp3) is 0.130. The summed E-state index contributed by atoms with van der Waals surface area (Å²) in [5.74, 6) is 1.99. The van der Waals surface area contributed by atoms with Crippen molar-refractivity contribution in [3.8, 4) is 11.4 Å². The van der Waals surface area contributed by atoms with Gasteiger partial charge in [0.15, 0.2) is 11.0 Å². The number of benzene rings is 1. The second-order valence-corrected chi connectivity index (χ2v) is 8.62. The Morgan fingerprint density at radius 3 is 2.72 bits per heavy atom. The maximum atomic E-state index is 12.5. The SMILES string of the molecule is Cc1cccn2c(=O)cc(CSc3nnc(-c4ccc(Cl)cc4)n3Cc3ccco3)nc12. The fourth-order valence-corrected chi connectivity index (χ4v) is 4.39. The van der Waals surface area contributed by atoms with Crippen molar-refractivity contribution in [1.82, 2.24) is 24.1 Å². The third kappa shape index (κ3) is 4.06. The van der Waals surface area contributed by atoms with Gasteiger partial charge in [0.2, 0.25) is 0 Å². The van der Waals surface area contributed by atoms with E-state index in [9.17, 15) is 4.79 Å². The maximum Gasteiger partial charge on any atom is 0.258 e. The summed E-state index contributed by atoms with van der Waals surface area (Å²) >= 11 is 7.52. The van der Waals surface area contributed by atoms with Crippen molar-refractivity contribution in [2.24, 2.45) is 0 Å². The van der Waals surface area contributed by atoms with Crippen molar-refractivity contribution in [3.63, 3.8) is 0 Å². The Labute approximate surface area is 192 Å². The van der Waals surface area contributed by atoms with E-state index in [1.165, 1.54) is 11.8 Å². The number of furan rings is 1. The lowest BCUT2D eigenvalue weighted by Crippen LogP contribution is -2.15. The van der Waals surface area contributed by atoms with E-state index in [1.54, 1.807) is 22.9 Å². The van der Waals surface area contributed by atoms with Crippen LogP contribution in [0.2, 0.25) is 5.02 Å². The first-order valence-electron chi connectivity index (χ1n) is 9.91. The molecule has 4 aromatic heterocycles. The van der Waals surface area contributed by atoms with Crippen LogP contribution in [0.1, 0.15) is 17.0 Å². The van der Waals surface area contributed by atoms with Crippen LogP contribution >= 0.6 is 23.4 Å². The van der Waals surface area contributed by atoms with Crippen molar-refractivity contribution in [2.75, 3.05) is 0 Å². The maximum absolute atomic E-state index is 12.5. The highest BCUT2D eigenvalue weighted by molar-refractivity contribution is 7.98. The second-order valence-electron chi connectivity index (χ2n) is 7.24. The zero-order valence-electron chi connectivity index (χ0n) is 17.1. The van der Waals surface area contributed by atoms with E-state index in [0.29, 0.717) is 39.6 Å². The summed E-state index contributed by atoms with van der Waals surface area (Å²) in [6.07, 6.45) is 3.37. The molecule has 0 atom stereocenters. The topological polar surface area (TPSA) is 78.2 Å². The van der Waals surface area contributed by atoms with Crippen molar-refractivity contribution < 1.29 is 4.42 Å². The van der Waals surface area contributed by atoms with Gasteiger partial charge in [0.1, 0.15) is 11.4 Å². The third-order valence-corrected chi connectivity index (χ3v) is 6.25. The second kappa shape index (κ2) is 8.64. The average Bonchev–Trinajstić information content (AvgIpc) is 3.44. The first kappa shape index (κ1) is 20.5. The van der Waals surface area contributed by atoms with Crippen molar-refractivity contribution in [2.45, 2.75) is 24.4 Å². The van der Waals surface area contributed by atoms with Gasteiger partial charge in [0.25, 0.3) is 5.56 Å². The van der Waals surface area contributed by atoms with Gasteiger partial charge in [-0.15, -0.1) is 10.2 Å². The van der Waals surface area contributed by atoms with Crippen LogP contribution in [0.5, 0.6) is 0 Å². The Hall–Kier alpha value is -3.36. The zero-order chi connectivity index (χ0) is 22.1. The number of hydrogen-bond donors (Lipinski definition) is 0. The van der Waals surface area contributed by atoms with E-state index in [2.05, 4.69) is 15.2 Å². The predicted molar refractivity (Wildman–Crippen MR) is 124 cm³/mol. The molecule has 0 aliphatic rings. The van der Waals surface area contributed by atoms with E-state index in [1.807, 2.05) is 60.0 Å². The molecule has 0 bridgehead atoms. The lowest BCUT2D eigenvalue weighted by atomic mass is 10.2.